The van der Waals surface area contributed by atoms with E-state index in [0.717, 1.165) is 5.56 Å². The number of nitrogens with zero attached hydrogens (tertiary/aromatic N) is 3. The fourth-order valence-electron chi connectivity index (χ4n) is 5.66. The van der Waals surface area contributed by atoms with Crippen LogP contribution in [0.2, 0.25) is 0 Å². The van der Waals surface area contributed by atoms with E-state index in [0.29, 0.717) is 17.0 Å². The van der Waals surface area contributed by atoms with E-state index in [1.807, 2.05) is 30.3 Å². The Balaban J connectivity index is 1.80. The molecule has 0 aromatic heterocycles. The second-order valence-corrected chi connectivity index (χ2v) is 9.11. The Morgan fingerprint density at radius 1 is 1.05 bits per heavy atom. The van der Waals surface area contributed by atoms with Gasteiger partial charge in [0.2, 0.25) is 0 Å². The number of fused-ring (bicyclic) bond motifs is 3. The molecule has 5 rings (SSSR count). The maximum atomic E-state index is 14.3. The number of nitro benzene ring substituents is 1. The van der Waals surface area contributed by atoms with E-state index in [1.54, 1.807) is 35.2 Å². The van der Waals surface area contributed by atoms with Crippen LogP contribution in [-0.4, -0.2) is 43.0 Å². The molecular formula is C29H23N3O6. The number of hydrogen-bond donors (Lipinski definition) is 0. The fraction of sp³-hybridized carbons (Fsp3) is 0.207. The van der Waals surface area contributed by atoms with Gasteiger partial charge in [-0.1, -0.05) is 54.6 Å². The summed E-state index contributed by atoms with van der Waals surface area (Å²) in [5.41, 5.74) is 0.115. The third-order valence-corrected chi connectivity index (χ3v) is 7.34. The van der Waals surface area contributed by atoms with Gasteiger partial charge < -0.3 is 14.4 Å². The summed E-state index contributed by atoms with van der Waals surface area (Å²) in [6.07, 6.45) is 3.58. The smallest absolute Gasteiger partial charge is 0.329 e. The first-order valence-corrected chi connectivity index (χ1v) is 11.8. The van der Waals surface area contributed by atoms with Gasteiger partial charge in [-0.2, -0.15) is 5.26 Å². The molecule has 0 N–H and O–H groups in total. The van der Waals surface area contributed by atoms with Gasteiger partial charge in [0.15, 0.2) is 11.2 Å². The molecule has 1 fully saturated rings. The molecule has 0 bridgehead atoms. The number of hydrogen-bond acceptors (Lipinski definition) is 8. The summed E-state index contributed by atoms with van der Waals surface area (Å²) in [7, 11) is 2.74. The minimum atomic E-state index is -1.80. The molecule has 0 aliphatic carbocycles. The zero-order valence-electron chi connectivity index (χ0n) is 20.6. The lowest BCUT2D eigenvalue weighted by atomic mass is 9.68. The van der Waals surface area contributed by atoms with Crippen molar-refractivity contribution in [1.29, 1.82) is 5.26 Å². The highest BCUT2D eigenvalue weighted by Gasteiger charge is 2.67. The predicted octanol–water partition coefficient (Wildman–Crippen LogP) is 4.54. The first kappa shape index (κ1) is 24.7. The van der Waals surface area contributed by atoms with E-state index in [9.17, 15) is 25.0 Å². The zero-order chi connectivity index (χ0) is 27.0. The monoisotopic (exact) mass is 509 g/mol. The molecule has 0 spiro atoms. The number of rotatable bonds is 6. The van der Waals surface area contributed by atoms with Gasteiger partial charge in [0.1, 0.15) is 11.8 Å². The number of carbonyl (C=O) groups excluding carboxylic acids is 2. The Kier molecular flexibility index (Phi) is 6.17. The lowest BCUT2D eigenvalue weighted by molar-refractivity contribution is -0.384. The maximum Gasteiger partial charge on any atom is 0.329 e. The molecule has 4 atom stereocenters. The lowest BCUT2D eigenvalue weighted by Gasteiger charge is -2.36. The minimum absolute atomic E-state index is 0.104. The predicted molar refractivity (Wildman–Crippen MR) is 139 cm³/mol. The van der Waals surface area contributed by atoms with Crippen molar-refractivity contribution in [2.45, 2.75) is 18.0 Å². The quantitative estimate of drug-likeness (QED) is 0.205. The molecule has 9 heteroatoms. The van der Waals surface area contributed by atoms with Crippen molar-refractivity contribution in [2.75, 3.05) is 19.1 Å². The number of esters is 1. The summed E-state index contributed by atoms with van der Waals surface area (Å²) in [5.74, 6) is -1.63. The summed E-state index contributed by atoms with van der Waals surface area (Å²) < 4.78 is 10.5. The van der Waals surface area contributed by atoms with Gasteiger partial charge in [-0.15, -0.1) is 0 Å². The van der Waals surface area contributed by atoms with Crippen LogP contribution in [0.3, 0.4) is 0 Å². The fourth-order valence-corrected chi connectivity index (χ4v) is 5.66. The van der Waals surface area contributed by atoms with Gasteiger partial charge >= 0.3 is 5.97 Å². The van der Waals surface area contributed by atoms with Gasteiger partial charge in [-0.25, -0.2) is 0 Å². The first-order valence-electron chi connectivity index (χ1n) is 11.8. The van der Waals surface area contributed by atoms with Crippen LogP contribution in [-0.2, 0) is 9.53 Å². The van der Waals surface area contributed by atoms with Crippen molar-refractivity contribution >= 4 is 29.2 Å². The van der Waals surface area contributed by atoms with Crippen molar-refractivity contribution in [3.63, 3.8) is 0 Å². The lowest BCUT2D eigenvalue weighted by Crippen LogP contribution is -2.46. The SMILES string of the molecule is COC(=O)[C@@]1(C#N)[C@@H](c2ccc(OC)cc2)[C@@H](C(=O)c2cccc([N+](=O)[O-])c2)N2c3ccccc3C=C[C@@H]21. The van der Waals surface area contributed by atoms with Crippen molar-refractivity contribution < 1.29 is 24.0 Å². The van der Waals surface area contributed by atoms with Crippen molar-refractivity contribution in [3.05, 3.63) is 106 Å². The number of methoxy groups -OCH3 is 2. The number of nitro groups is 1. The Labute approximate surface area is 218 Å². The maximum absolute atomic E-state index is 14.3. The largest absolute Gasteiger partial charge is 0.497 e. The van der Waals surface area contributed by atoms with Gasteiger partial charge in [0, 0.05) is 29.3 Å². The van der Waals surface area contributed by atoms with Crippen LogP contribution in [0.5, 0.6) is 5.75 Å². The number of non-ortho nitro benzene ring substituents is 1. The van der Waals surface area contributed by atoms with Crippen LogP contribution in [0.15, 0.2) is 78.9 Å². The van der Waals surface area contributed by atoms with Crippen LogP contribution in [0.4, 0.5) is 11.4 Å². The number of benzene rings is 3. The molecular weight excluding hydrogens is 486 g/mol. The second kappa shape index (κ2) is 9.48. The van der Waals surface area contributed by atoms with Crippen LogP contribution < -0.4 is 9.64 Å². The third-order valence-electron chi connectivity index (χ3n) is 7.34. The standard InChI is InChI=1S/C29H23N3O6/c1-37-22-13-10-19(11-14-22)25-26(27(33)20-7-5-8-21(16-20)32(35)36)31-23-9-4-3-6-18(23)12-15-24(31)29(25,17-30)28(34)38-2/h3-16,24-26H,1-2H3/t24-,25+,26+,29-/m1/s1. The Morgan fingerprint density at radius 3 is 2.45 bits per heavy atom. The number of nitriles is 1. The van der Waals surface area contributed by atoms with E-state index < -0.39 is 40.1 Å². The van der Waals surface area contributed by atoms with Crippen molar-refractivity contribution in [2.24, 2.45) is 5.41 Å². The molecule has 2 aliphatic heterocycles. The number of anilines is 1. The number of ether oxygens (including phenoxy) is 2. The average Bonchev–Trinajstić information content (AvgIpc) is 3.28. The van der Waals surface area contributed by atoms with Crippen LogP contribution in [0.25, 0.3) is 6.08 Å². The van der Waals surface area contributed by atoms with Crippen LogP contribution in [0.1, 0.15) is 27.4 Å². The highest BCUT2D eigenvalue weighted by molar-refractivity contribution is 6.06. The molecule has 0 saturated carbocycles. The van der Waals surface area contributed by atoms with Crippen LogP contribution in [0, 0.1) is 26.9 Å². The van der Waals surface area contributed by atoms with E-state index in [1.165, 1.54) is 38.5 Å². The molecule has 0 amide bonds. The molecule has 3 aromatic rings. The molecule has 2 heterocycles. The summed E-state index contributed by atoms with van der Waals surface area (Å²) in [6.45, 7) is 0. The minimum Gasteiger partial charge on any atom is -0.497 e. The Bertz CT molecular complexity index is 1510. The summed E-state index contributed by atoms with van der Waals surface area (Å²) in [6, 6.07) is 20.1. The van der Waals surface area contributed by atoms with E-state index in [4.69, 9.17) is 9.47 Å². The van der Waals surface area contributed by atoms with E-state index in [-0.39, 0.29) is 11.3 Å². The molecule has 38 heavy (non-hydrogen) atoms. The Morgan fingerprint density at radius 2 is 1.79 bits per heavy atom. The summed E-state index contributed by atoms with van der Waals surface area (Å²) in [5, 5.41) is 22.2. The topological polar surface area (TPSA) is 123 Å². The van der Waals surface area contributed by atoms with Crippen molar-refractivity contribution in [3.8, 4) is 11.8 Å². The summed E-state index contributed by atoms with van der Waals surface area (Å²) in [4.78, 5) is 40.6. The van der Waals surface area contributed by atoms with Gasteiger partial charge in [0.25, 0.3) is 5.69 Å². The van der Waals surface area contributed by atoms with Crippen molar-refractivity contribution in [1.82, 2.24) is 0 Å². The second-order valence-electron chi connectivity index (χ2n) is 9.11. The molecule has 190 valence electrons. The molecule has 1 saturated heterocycles. The molecule has 0 unspecified atom stereocenters. The van der Waals surface area contributed by atoms with E-state index in [2.05, 4.69) is 6.07 Å². The average molecular weight is 510 g/mol. The molecule has 2 aliphatic rings. The molecule has 3 aromatic carbocycles. The Hall–Kier alpha value is -4.97. The van der Waals surface area contributed by atoms with Gasteiger partial charge in [-0.3, -0.25) is 19.7 Å². The molecule has 9 nitrogen and oxygen atoms in total. The highest BCUT2D eigenvalue weighted by Crippen LogP contribution is 2.56. The number of carbonyl (C=O) groups is 2. The highest BCUT2D eigenvalue weighted by atomic mass is 16.6. The number of ketones is 1. The number of Topliss-reactive ketones (excluding diaryl/α,β-unsaturated/α-hetero) is 1. The van der Waals surface area contributed by atoms with Gasteiger partial charge in [-0.05, 0) is 29.3 Å². The molecule has 0 radical (unpaired) electrons. The van der Waals surface area contributed by atoms with Crippen LogP contribution >= 0.6 is 0 Å². The van der Waals surface area contributed by atoms with Gasteiger partial charge in [0.05, 0.1) is 31.3 Å². The zero-order valence-corrected chi connectivity index (χ0v) is 20.6. The first-order chi connectivity index (χ1) is 18.4. The third kappa shape index (κ3) is 3.61. The summed E-state index contributed by atoms with van der Waals surface area (Å²) >= 11 is 0. The number of para-hydroxylation sites is 1. The van der Waals surface area contributed by atoms with E-state index >= 15 is 0 Å². The normalized spacial score (nSPS) is 23.1.